The molecule has 0 aromatic heterocycles. The molecule has 2 nitrogen and oxygen atoms in total. The summed E-state index contributed by atoms with van der Waals surface area (Å²) in [5.41, 5.74) is 10.8. The van der Waals surface area contributed by atoms with E-state index in [1.165, 1.54) is 29.5 Å². The highest BCUT2D eigenvalue weighted by molar-refractivity contribution is 5.51. The predicted molar refractivity (Wildman–Crippen MR) is 67.0 cm³/mol. The third-order valence-electron chi connectivity index (χ3n) is 3.80. The summed E-state index contributed by atoms with van der Waals surface area (Å²) in [5, 5.41) is 10.1. The van der Waals surface area contributed by atoms with Gasteiger partial charge >= 0.3 is 0 Å². The molecule has 2 rings (SSSR count). The molecule has 0 heterocycles. The van der Waals surface area contributed by atoms with Gasteiger partial charge < -0.3 is 10.8 Å². The highest BCUT2D eigenvalue weighted by Crippen LogP contribution is 2.36. The van der Waals surface area contributed by atoms with E-state index < -0.39 is 0 Å². The van der Waals surface area contributed by atoms with Gasteiger partial charge in [0.2, 0.25) is 0 Å². The summed E-state index contributed by atoms with van der Waals surface area (Å²) in [4.78, 5) is 0. The van der Waals surface area contributed by atoms with Crippen LogP contribution in [-0.4, -0.2) is 11.7 Å². The molecule has 88 valence electrons. The Morgan fingerprint density at radius 1 is 1.38 bits per heavy atom. The van der Waals surface area contributed by atoms with Gasteiger partial charge in [-0.25, -0.2) is 0 Å². The summed E-state index contributed by atoms with van der Waals surface area (Å²) < 4.78 is 0. The minimum Gasteiger partial charge on any atom is -0.508 e. The van der Waals surface area contributed by atoms with Gasteiger partial charge in [-0.05, 0) is 67.8 Å². The van der Waals surface area contributed by atoms with Crippen molar-refractivity contribution in [1.82, 2.24) is 0 Å². The average Bonchev–Trinajstić information content (AvgIpc) is 2.28. The monoisotopic (exact) mass is 219 g/mol. The molecule has 1 unspecified atom stereocenters. The van der Waals surface area contributed by atoms with Gasteiger partial charge in [0.05, 0.1) is 0 Å². The Morgan fingerprint density at radius 3 is 2.75 bits per heavy atom. The molecule has 1 aromatic carbocycles. The first kappa shape index (κ1) is 11.5. The van der Waals surface area contributed by atoms with Crippen LogP contribution in [0.3, 0.4) is 0 Å². The van der Waals surface area contributed by atoms with E-state index in [1.807, 2.05) is 6.07 Å². The molecule has 0 aliphatic heterocycles. The van der Waals surface area contributed by atoms with Gasteiger partial charge in [-0.15, -0.1) is 0 Å². The largest absolute Gasteiger partial charge is 0.508 e. The molecule has 0 saturated heterocycles. The van der Waals surface area contributed by atoms with E-state index in [9.17, 15) is 5.11 Å². The number of phenols is 1. The quantitative estimate of drug-likeness (QED) is 0.803. The van der Waals surface area contributed by atoms with Crippen molar-refractivity contribution in [2.75, 3.05) is 6.54 Å². The van der Waals surface area contributed by atoms with Gasteiger partial charge in [0.15, 0.2) is 0 Å². The zero-order valence-electron chi connectivity index (χ0n) is 10.2. The van der Waals surface area contributed by atoms with Crippen molar-refractivity contribution < 1.29 is 5.11 Å². The van der Waals surface area contributed by atoms with Crippen molar-refractivity contribution >= 4 is 0 Å². The summed E-state index contributed by atoms with van der Waals surface area (Å²) in [5.74, 6) is 0.684. The summed E-state index contributed by atoms with van der Waals surface area (Å²) >= 11 is 0. The molecule has 16 heavy (non-hydrogen) atoms. The van der Waals surface area contributed by atoms with Crippen molar-refractivity contribution in [1.29, 1.82) is 0 Å². The number of aryl methyl sites for hydroxylation is 1. The molecule has 0 radical (unpaired) electrons. The second kappa shape index (κ2) is 4.46. The minimum atomic E-state index is 0.243. The molecule has 1 atom stereocenters. The van der Waals surface area contributed by atoms with Crippen molar-refractivity contribution in [2.45, 2.75) is 45.4 Å². The van der Waals surface area contributed by atoms with Crippen LogP contribution in [0.2, 0.25) is 0 Å². The van der Waals surface area contributed by atoms with Gasteiger partial charge in [-0.2, -0.15) is 0 Å². The fraction of sp³-hybridized carbons (Fsp3) is 0.571. The Balaban J connectivity index is 2.54. The zero-order chi connectivity index (χ0) is 11.7. The van der Waals surface area contributed by atoms with Crippen LogP contribution in [0.1, 0.15) is 47.9 Å². The molecular formula is C14H21NO. The molecule has 2 heteroatoms. The van der Waals surface area contributed by atoms with E-state index in [1.54, 1.807) is 0 Å². The van der Waals surface area contributed by atoms with Crippen LogP contribution in [0.4, 0.5) is 0 Å². The Hall–Kier alpha value is -1.02. The smallest absolute Gasteiger partial charge is 0.119 e. The fourth-order valence-electron chi connectivity index (χ4n) is 2.85. The van der Waals surface area contributed by atoms with Crippen LogP contribution >= 0.6 is 0 Å². The van der Waals surface area contributed by atoms with Crippen molar-refractivity contribution in [2.24, 2.45) is 5.73 Å². The van der Waals surface area contributed by atoms with E-state index >= 15 is 0 Å². The molecule has 3 N–H and O–H groups in total. The van der Waals surface area contributed by atoms with Crippen LogP contribution < -0.4 is 5.73 Å². The summed E-state index contributed by atoms with van der Waals surface area (Å²) in [6.45, 7) is 4.80. The maximum absolute atomic E-state index is 10.1. The minimum absolute atomic E-state index is 0.243. The van der Waals surface area contributed by atoms with E-state index in [-0.39, 0.29) is 5.92 Å². The third kappa shape index (κ3) is 1.82. The summed E-state index contributed by atoms with van der Waals surface area (Å²) in [6.07, 6.45) is 4.79. The van der Waals surface area contributed by atoms with Crippen LogP contribution in [0.5, 0.6) is 5.75 Å². The zero-order valence-corrected chi connectivity index (χ0v) is 10.2. The molecule has 1 aromatic rings. The SMILES string of the molecule is Cc1c2c(cc(O)c1C(C)CN)CCCC2. The maximum atomic E-state index is 10.1. The van der Waals surface area contributed by atoms with Gasteiger partial charge in [0.1, 0.15) is 5.75 Å². The number of phenolic OH excluding ortho intramolecular Hbond substituents is 1. The van der Waals surface area contributed by atoms with E-state index in [2.05, 4.69) is 13.8 Å². The van der Waals surface area contributed by atoms with Gasteiger partial charge in [-0.1, -0.05) is 6.92 Å². The Kier molecular flexibility index (Phi) is 3.20. The normalized spacial score (nSPS) is 16.9. The standard InChI is InChI=1S/C14H21NO/c1-9(8-15)14-10(2)12-6-4-3-5-11(12)7-13(14)16/h7,9,16H,3-6,8,15H2,1-2H3. The van der Waals surface area contributed by atoms with Crippen molar-refractivity contribution in [3.05, 3.63) is 28.3 Å². The Morgan fingerprint density at radius 2 is 2.06 bits per heavy atom. The second-order valence-corrected chi connectivity index (χ2v) is 4.92. The molecule has 1 aliphatic carbocycles. The van der Waals surface area contributed by atoms with E-state index in [0.29, 0.717) is 12.3 Å². The number of benzene rings is 1. The summed E-state index contributed by atoms with van der Waals surface area (Å²) in [7, 11) is 0. The second-order valence-electron chi connectivity index (χ2n) is 4.92. The lowest BCUT2D eigenvalue weighted by atomic mass is 9.83. The van der Waals surface area contributed by atoms with Crippen LogP contribution in [-0.2, 0) is 12.8 Å². The Labute approximate surface area is 97.5 Å². The van der Waals surface area contributed by atoms with Gasteiger partial charge in [0.25, 0.3) is 0 Å². The lowest BCUT2D eigenvalue weighted by Gasteiger charge is -2.23. The Bertz CT molecular complexity index is 398. The molecule has 0 fully saturated rings. The first-order valence-electron chi connectivity index (χ1n) is 6.19. The number of hydrogen-bond donors (Lipinski definition) is 2. The third-order valence-corrected chi connectivity index (χ3v) is 3.80. The predicted octanol–water partition coefficient (Wildman–Crippen LogP) is 2.64. The van der Waals surface area contributed by atoms with Crippen LogP contribution in [0, 0.1) is 6.92 Å². The first-order chi connectivity index (χ1) is 7.65. The average molecular weight is 219 g/mol. The highest BCUT2D eigenvalue weighted by atomic mass is 16.3. The molecular weight excluding hydrogens is 198 g/mol. The van der Waals surface area contributed by atoms with Crippen molar-refractivity contribution in [3.63, 3.8) is 0 Å². The van der Waals surface area contributed by atoms with E-state index in [4.69, 9.17) is 5.73 Å². The lowest BCUT2D eigenvalue weighted by molar-refractivity contribution is 0.460. The van der Waals surface area contributed by atoms with Gasteiger partial charge in [0, 0.05) is 5.56 Å². The molecule has 0 bridgehead atoms. The van der Waals surface area contributed by atoms with Crippen LogP contribution in [0.25, 0.3) is 0 Å². The maximum Gasteiger partial charge on any atom is 0.119 e. The number of hydrogen-bond acceptors (Lipinski definition) is 2. The number of rotatable bonds is 2. The lowest BCUT2D eigenvalue weighted by Crippen LogP contribution is -2.14. The number of nitrogens with two attached hydrogens (primary N) is 1. The van der Waals surface area contributed by atoms with Crippen molar-refractivity contribution in [3.8, 4) is 5.75 Å². The van der Waals surface area contributed by atoms with E-state index in [0.717, 1.165) is 18.4 Å². The highest BCUT2D eigenvalue weighted by Gasteiger charge is 2.20. The molecule has 0 amide bonds. The fourth-order valence-corrected chi connectivity index (χ4v) is 2.85. The molecule has 1 aliphatic rings. The summed E-state index contributed by atoms with van der Waals surface area (Å²) in [6, 6.07) is 1.96. The molecule has 0 saturated carbocycles. The molecule has 0 spiro atoms. The van der Waals surface area contributed by atoms with Gasteiger partial charge in [-0.3, -0.25) is 0 Å². The first-order valence-corrected chi connectivity index (χ1v) is 6.19. The van der Waals surface area contributed by atoms with Crippen LogP contribution in [0.15, 0.2) is 6.07 Å². The number of fused-ring (bicyclic) bond motifs is 1. The topological polar surface area (TPSA) is 46.2 Å². The number of aromatic hydroxyl groups is 1.